The summed E-state index contributed by atoms with van der Waals surface area (Å²) in [6.45, 7) is 4.35. The second kappa shape index (κ2) is 6.17. The lowest BCUT2D eigenvalue weighted by Gasteiger charge is -2.10. The minimum atomic E-state index is -0.276. The number of benzene rings is 1. The van der Waals surface area contributed by atoms with Crippen molar-refractivity contribution >= 4 is 34.1 Å². The van der Waals surface area contributed by atoms with Crippen LogP contribution in [0.1, 0.15) is 23.0 Å². The quantitative estimate of drug-likeness (QED) is 0.790. The summed E-state index contributed by atoms with van der Waals surface area (Å²) in [5.74, 6) is -0.276. The van der Waals surface area contributed by atoms with E-state index < -0.39 is 0 Å². The highest BCUT2D eigenvalue weighted by atomic mass is 35.5. The molecule has 0 aliphatic carbocycles. The van der Waals surface area contributed by atoms with Crippen molar-refractivity contribution in [2.75, 3.05) is 5.32 Å². The van der Waals surface area contributed by atoms with Gasteiger partial charge in [-0.05, 0) is 43.7 Å². The topological polar surface area (TPSA) is 56.0 Å². The molecule has 0 saturated carbocycles. The maximum atomic E-state index is 12.6. The molecule has 0 unspecified atom stereocenters. The fourth-order valence-corrected chi connectivity index (χ4v) is 2.94. The van der Waals surface area contributed by atoms with Crippen LogP contribution in [0.3, 0.4) is 0 Å². The number of amides is 1. The van der Waals surface area contributed by atoms with Crippen molar-refractivity contribution in [1.82, 2.24) is 9.13 Å². The first-order valence-electron chi connectivity index (χ1n) is 7.69. The van der Waals surface area contributed by atoms with Crippen LogP contribution in [0.4, 0.5) is 5.69 Å². The minimum absolute atomic E-state index is 0.0939. The van der Waals surface area contributed by atoms with Gasteiger partial charge in [0.15, 0.2) is 0 Å². The molecule has 2 heterocycles. The minimum Gasteiger partial charge on any atom is -0.339 e. The summed E-state index contributed by atoms with van der Waals surface area (Å²) in [6.07, 6.45) is 1.74. The predicted molar refractivity (Wildman–Crippen MR) is 97.0 cm³/mol. The molecule has 1 amide bonds. The molecular weight excluding hydrogens is 326 g/mol. The first-order valence-corrected chi connectivity index (χ1v) is 8.07. The van der Waals surface area contributed by atoms with Crippen LogP contribution in [0.2, 0.25) is 5.02 Å². The van der Waals surface area contributed by atoms with Crippen LogP contribution >= 0.6 is 11.6 Å². The molecule has 0 atom stereocenters. The Morgan fingerprint density at radius 2 is 2.04 bits per heavy atom. The molecule has 6 heteroatoms. The molecule has 3 rings (SSSR count). The van der Waals surface area contributed by atoms with Crippen LogP contribution in [-0.4, -0.2) is 15.0 Å². The normalized spacial score (nSPS) is 11.0. The van der Waals surface area contributed by atoms with Gasteiger partial charge in [0.05, 0.1) is 10.9 Å². The predicted octanol–water partition coefficient (Wildman–Crippen LogP) is 3.57. The lowest BCUT2D eigenvalue weighted by molar-refractivity contribution is 0.101. The van der Waals surface area contributed by atoms with Gasteiger partial charge in [0.2, 0.25) is 0 Å². The summed E-state index contributed by atoms with van der Waals surface area (Å²) in [7, 11) is 1.78. The lowest BCUT2D eigenvalue weighted by Crippen LogP contribution is -2.17. The molecule has 5 nitrogen and oxygen atoms in total. The molecule has 0 fully saturated rings. The standard InChI is InChI=1S/C18H18ClN3O2/c1-4-22-9-8-15-12(18(22)24)10-16(21(15)3)17(23)20-14-7-5-6-13(19)11(14)2/h5-10H,4H2,1-3H3,(H,20,23). The van der Waals surface area contributed by atoms with E-state index in [9.17, 15) is 9.59 Å². The van der Waals surface area contributed by atoms with Crippen molar-refractivity contribution in [3.63, 3.8) is 0 Å². The fourth-order valence-electron chi connectivity index (χ4n) is 2.77. The number of aromatic nitrogens is 2. The summed E-state index contributed by atoms with van der Waals surface area (Å²) < 4.78 is 3.34. The van der Waals surface area contributed by atoms with E-state index in [0.29, 0.717) is 28.3 Å². The lowest BCUT2D eigenvalue weighted by atomic mass is 10.2. The van der Waals surface area contributed by atoms with Crippen molar-refractivity contribution in [3.05, 3.63) is 63.2 Å². The average molecular weight is 344 g/mol. The van der Waals surface area contributed by atoms with Crippen molar-refractivity contribution in [2.45, 2.75) is 20.4 Å². The first kappa shape index (κ1) is 16.3. The summed E-state index contributed by atoms with van der Waals surface area (Å²) in [5.41, 5.74) is 2.53. The van der Waals surface area contributed by atoms with E-state index in [4.69, 9.17) is 11.6 Å². The van der Waals surface area contributed by atoms with Gasteiger partial charge in [0.1, 0.15) is 5.69 Å². The first-order chi connectivity index (χ1) is 11.4. The van der Waals surface area contributed by atoms with E-state index in [1.807, 2.05) is 19.9 Å². The second-order valence-electron chi connectivity index (χ2n) is 5.66. The van der Waals surface area contributed by atoms with Gasteiger partial charge in [-0.2, -0.15) is 0 Å². The van der Waals surface area contributed by atoms with Crippen LogP contribution < -0.4 is 10.9 Å². The largest absolute Gasteiger partial charge is 0.339 e. The van der Waals surface area contributed by atoms with Crippen LogP contribution in [0.15, 0.2) is 41.3 Å². The SMILES string of the molecule is CCn1ccc2c(cc(C(=O)Nc3cccc(Cl)c3C)n2C)c1=O. The molecule has 0 radical (unpaired) electrons. The Kier molecular flexibility index (Phi) is 4.20. The molecule has 0 saturated heterocycles. The van der Waals surface area contributed by atoms with Gasteiger partial charge in [-0.1, -0.05) is 17.7 Å². The summed E-state index contributed by atoms with van der Waals surface area (Å²) in [4.78, 5) is 25.1. The Labute approximate surface area is 144 Å². The molecule has 0 spiro atoms. The van der Waals surface area contributed by atoms with Crippen LogP contribution in [-0.2, 0) is 13.6 Å². The number of fused-ring (bicyclic) bond motifs is 1. The number of hydrogen-bond donors (Lipinski definition) is 1. The van der Waals surface area contributed by atoms with E-state index in [1.54, 1.807) is 46.6 Å². The van der Waals surface area contributed by atoms with E-state index >= 15 is 0 Å². The van der Waals surface area contributed by atoms with Crippen LogP contribution in [0, 0.1) is 6.92 Å². The third kappa shape index (κ3) is 2.61. The molecule has 0 aliphatic heterocycles. The molecule has 3 aromatic rings. The molecule has 1 aromatic carbocycles. The van der Waals surface area contributed by atoms with Crippen molar-refractivity contribution < 1.29 is 4.79 Å². The number of nitrogens with zero attached hydrogens (tertiary/aromatic N) is 2. The van der Waals surface area contributed by atoms with Crippen molar-refractivity contribution in [3.8, 4) is 0 Å². The monoisotopic (exact) mass is 343 g/mol. The summed E-state index contributed by atoms with van der Waals surface area (Å²) in [5, 5.41) is 3.99. The van der Waals surface area contributed by atoms with Crippen molar-refractivity contribution in [1.29, 1.82) is 0 Å². The van der Waals surface area contributed by atoms with Gasteiger partial charge < -0.3 is 14.5 Å². The zero-order chi connectivity index (χ0) is 17.4. The van der Waals surface area contributed by atoms with E-state index in [-0.39, 0.29) is 11.5 Å². The zero-order valence-corrected chi connectivity index (χ0v) is 14.5. The number of rotatable bonds is 3. The average Bonchev–Trinajstić information content (AvgIpc) is 2.90. The maximum Gasteiger partial charge on any atom is 0.272 e. The maximum absolute atomic E-state index is 12.6. The number of hydrogen-bond acceptors (Lipinski definition) is 2. The highest BCUT2D eigenvalue weighted by Gasteiger charge is 2.17. The number of pyridine rings is 1. The third-order valence-electron chi connectivity index (χ3n) is 4.27. The smallest absolute Gasteiger partial charge is 0.272 e. The van der Waals surface area contributed by atoms with Crippen LogP contribution in [0.5, 0.6) is 0 Å². The van der Waals surface area contributed by atoms with E-state index in [2.05, 4.69) is 5.32 Å². The highest BCUT2D eigenvalue weighted by molar-refractivity contribution is 6.31. The summed E-state index contributed by atoms with van der Waals surface area (Å²) >= 11 is 6.09. The van der Waals surface area contributed by atoms with Gasteiger partial charge >= 0.3 is 0 Å². The molecule has 124 valence electrons. The van der Waals surface area contributed by atoms with Crippen molar-refractivity contribution in [2.24, 2.45) is 7.05 Å². The number of anilines is 1. The number of carbonyl (C=O) groups is 1. The van der Waals surface area contributed by atoms with Gasteiger partial charge in [-0.15, -0.1) is 0 Å². The third-order valence-corrected chi connectivity index (χ3v) is 4.68. The molecule has 0 aliphatic rings. The Hall–Kier alpha value is -2.53. The molecule has 1 N–H and O–H groups in total. The number of halogens is 1. The fraction of sp³-hybridized carbons (Fsp3) is 0.222. The Balaban J connectivity index is 2.04. The zero-order valence-electron chi connectivity index (χ0n) is 13.8. The Morgan fingerprint density at radius 1 is 1.29 bits per heavy atom. The van der Waals surface area contributed by atoms with Gasteiger partial charge in [0.25, 0.3) is 11.5 Å². The number of carbonyl (C=O) groups excluding carboxylic acids is 1. The second-order valence-corrected chi connectivity index (χ2v) is 6.07. The Morgan fingerprint density at radius 3 is 2.75 bits per heavy atom. The number of nitrogens with one attached hydrogen (secondary N) is 1. The molecule has 24 heavy (non-hydrogen) atoms. The van der Waals surface area contributed by atoms with Gasteiger partial charge in [0, 0.05) is 30.5 Å². The molecular formula is C18H18ClN3O2. The van der Waals surface area contributed by atoms with Crippen LogP contribution in [0.25, 0.3) is 10.9 Å². The Bertz CT molecular complexity index is 1000. The van der Waals surface area contributed by atoms with E-state index in [0.717, 1.165) is 11.1 Å². The van der Waals surface area contributed by atoms with Gasteiger partial charge in [-0.25, -0.2) is 0 Å². The molecule has 2 aromatic heterocycles. The van der Waals surface area contributed by atoms with Gasteiger partial charge in [-0.3, -0.25) is 9.59 Å². The number of aryl methyl sites for hydroxylation is 2. The molecule has 0 bridgehead atoms. The highest BCUT2D eigenvalue weighted by Crippen LogP contribution is 2.24. The summed E-state index contributed by atoms with van der Waals surface area (Å²) in [6, 6.07) is 8.84. The van der Waals surface area contributed by atoms with E-state index in [1.165, 1.54) is 0 Å².